The van der Waals surface area contributed by atoms with Gasteiger partial charge in [0.2, 0.25) is 0 Å². The predicted octanol–water partition coefficient (Wildman–Crippen LogP) is 5.39. The number of carbonyl (C=O) groups is 1. The van der Waals surface area contributed by atoms with Gasteiger partial charge in [0.25, 0.3) is 0 Å². The fourth-order valence-corrected chi connectivity index (χ4v) is 10.1. The molecule has 4 heteroatoms. The van der Waals surface area contributed by atoms with E-state index in [4.69, 9.17) is 4.74 Å². The van der Waals surface area contributed by atoms with Crippen LogP contribution in [0.2, 0.25) is 0 Å². The summed E-state index contributed by atoms with van der Waals surface area (Å²) in [7, 11) is 0. The van der Waals surface area contributed by atoms with Gasteiger partial charge in [0, 0.05) is 18.3 Å². The van der Waals surface area contributed by atoms with E-state index in [0.29, 0.717) is 66.5 Å². The van der Waals surface area contributed by atoms with Gasteiger partial charge in [0.1, 0.15) is 5.60 Å². The van der Waals surface area contributed by atoms with Crippen molar-refractivity contribution in [2.24, 2.45) is 52.3 Å². The molecule has 4 nitrogen and oxygen atoms in total. The summed E-state index contributed by atoms with van der Waals surface area (Å²) >= 11 is 0. The SMILES string of the molecule is CC[C@@H](C(C)C)[C@H]1O[C@@H]1[C@@H](C)[C@H]1CC[C@H]2[C@@H]3CC(=O)[C@@]4(O)C[C@@H](O)CC[C@]4(C)[C@H]3CC[C@]12C. The molecule has 12 atom stereocenters. The van der Waals surface area contributed by atoms with Crippen LogP contribution in [0.5, 0.6) is 0 Å². The number of hydrogen-bond donors (Lipinski definition) is 2. The highest BCUT2D eigenvalue weighted by Gasteiger charge is 2.68. The van der Waals surface area contributed by atoms with Crippen molar-refractivity contribution in [3.05, 3.63) is 0 Å². The van der Waals surface area contributed by atoms with Crippen molar-refractivity contribution in [1.29, 1.82) is 0 Å². The van der Waals surface area contributed by atoms with Crippen LogP contribution >= 0.6 is 0 Å². The Morgan fingerprint density at radius 2 is 1.76 bits per heavy atom. The van der Waals surface area contributed by atoms with Crippen molar-refractivity contribution in [3.8, 4) is 0 Å². The monoisotopic (exact) mass is 460 g/mol. The molecule has 188 valence electrons. The summed E-state index contributed by atoms with van der Waals surface area (Å²) in [5.74, 6) is 3.95. The minimum Gasteiger partial charge on any atom is -0.393 e. The first-order chi connectivity index (χ1) is 15.5. The molecule has 5 fully saturated rings. The third-order valence-corrected chi connectivity index (χ3v) is 12.1. The number of Topliss-reactive ketones (excluding diaryl/α,β-unsaturated/α-hetero) is 1. The molecule has 4 saturated carbocycles. The Balaban J connectivity index is 1.36. The van der Waals surface area contributed by atoms with Crippen molar-refractivity contribution in [1.82, 2.24) is 0 Å². The molecule has 4 aliphatic carbocycles. The first kappa shape index (κ1) is 24.3. The lowest BCUT2D eigenvalue weighted by Gasteiger charge is -2.63. The number of aliphatic hydroxyl groups is 2. The van der Waals surface area contributed by atoms with E-state index < -0.39 is 11.7 Å². The molecule has 0 amide bonds. The molecule has 0 radical (unpaired) electrons. The van der Waals surface area contributed by atoms with Gasteiger partial charge < -0.3 is 14.9 Å². The summed E-state index contributed by atoms with van der Waals surface area (Å²) in [6, 6.07) is 0. The van der Waals surface area contributed by atoms with E-state index in [0.717, 1.165) is 12.8 Å². The number of ketones is 1. The standard InChI is InChI=1S/C29H48O4/c1-7-19(16(2)3)26-25(33-26)17(4)21-8-9-22-20-14-24(31)29(32)15-18(30)10-13-28(29,6)23(20)11-12-27(21,22)5/h16-23,25-26,30,32H,7-15H2,1-6H3/t17-,18-,19-,20-,21+,22-,23-,25+,26+,27+,28+,29-/m0/s1. The highest BCUT2D eigenvalue weighted by molar-refractivity contribution is 5.89. The first-order valence-corrected chi connectivity index (χ1v) is 14.1. The van der Waals surface area contributed by atoms with Gasteiger partial charge in [-0.2, -0.15) is 0 Å². The Hall–Kier alpha value is -0.450. The zero-order valence-electron chi connectivity index (χ0n) is 21.8. The Morgan fingerprint density at radius 1 is 1.03 bits per heavy atom. The maximum Gasteiger partial charge on any atom is 0.165 e. The summed E-state index contributed by atoms with van der Waals surface area (Å²) in [6.45, 7) is 14.1. The van der Waals surface area contributed by atoms with Gasteiger partial charge in [0.15, 0.2) is 5.78 Å². The van der Waals surface area contributed by atoms with Crippen molar-refractivity contribution in [2.45, 2.75) is 123 Å². The molecule has 1 aliphatic heterocycles. The number of epoxide rings is 1. The number of carbonyl (C=O) groups excluding carboxylic acids is 1. The van der Waals surface area contributed by atoms with Gasteiger partial charge in [-0.1, -0.05) is 48.0 Å². The lowest BCUT2D eigenvalue weighted by Crippen LogP contribution is -2.67. The quantitative estimate of drug-likeness (QED) is 0.540. The number of ether oxygens (including phenoxy) is 1. The summed E-state index contributed by atoms with van der Waals surface area (Å²) in [5.41, 5.74) is -1.43. The molecule has 0 spiro atoms. The molecule has 0 aromatic carbocycles. The maximum atomic E-state index is 13.4. The molecule has 0 unspecified atom stereocenters. The summed E-state index contributed by atoms with van der Waals surface area (Å²) in [5, 5.41) is 21.9. The second kappa shape index (κ2) is 8.03. The van der Waals surface area contributed by atoms with E-state index in [9.17, 15) is 15.0 Å². The Labute approximate surface area is 201 Å². The van der Waals surface area contributed by atoms with Crippen LogP contribution in [0.15, 0.2) is 0 Å². The first-order valence-electron chi connectivity index (χ1n) is 14.1. The molecule has 0 bridgehead atoms. The van der Waals surface area contributed by atoms with Crippen LogP contribution in [-0.4, -0.2) is 39.9 Å². The third-order valence-electron chi connectivity index (χ3n) is 12.1. The number of aliphatic hydroxyl groups excluding tert-OH is 1. The predicted molar refractivity (Wildman–Crippen MR) is 130 cm³/mol. The molecular weight excluding hydrogens is 412 g/mol. The smallest absolute Gasteiger partial charge is 0.165 e. The van der Waals surface area contributed by atoms with Gasteiger partial charge >= 0.3 is 0 Å². The minimum atomic E-state index is -1.33. The fraction of sp³-hybridized carbons (Fsp3) is 0.966. The third kappa shape index (κ3) is 3.36. The van der Waals surface area contributed by atoms with Gasteiger partial charge in [-0.3, -0.25) is 4.79 Å². The minimum absolute atomic E-state index is 0.0130. The van der Waals surface area contributed by atoms with E-state index in [2.05, 4.69) is 41.5 Å². The van der Waals surface area contributed by atoms with Crippen LogP contribution in [0.4, 0.5) is 0 Å². The average molecular weight is 461 g/mol. The van der Waals surface area contributed by atoms with E-state index in [1.54, 1.807) is 0 Å². The van der Waals surface area contributed by atoms with Gasteiger partial charge in [-0.25, -0.2) is 0 Å². The molecule has 2 N–H and O–H groups in total. The van der Waals surface area contributed by atoms with Crippen molar-refractivity contribution >= 4 is 5.78 Å². The molecule has 5 aliphatic rings. The van der Waals surface area contributed by atoms with Crippen LogP contribution in [0, 0.1) is 52.3 Å². The van der Waals surface area contributed by atoms with Gasteiger partial charge in [0.05, 0.1) is 18.3 Å². The van der Waals surface area contributed by atoms with Gasteiger partial charge in [-0.05, 0) is 85.4 Å². The summed E-state index contributed by atoms with van der Waals surface area (Å²) in [4.78, 5) is 13.4. The second-order valence-electron chi connectivity index (χ2n) is 13.6. The van der Waals surface area contributed by atoms with Crippen molar-refractivity contribution in [2.75, 3.05) is 0 Å². The summed E-state index contributed by atoms with van der Waals surface area (Å²) in [6.07, 6.45) is 8.51. The molecular formula is C29H48O4. The molecule has 33 heavy (non-hydrogen) atoms. The van der Waals surface area contributed by atoms with Crippen LogP contribution in [0.3, 0.4) is 0 Å². The maximum absolute atomic E-state index is 13.4. The van der Waals surface area contributed by atoms with E-state index >= 15 is 0 Å². The number of hydrogen-bond acceptors (Lipinski definition) is 4. The highest BCUT2D eigenvalue weighted by atomic mass is 16.6. The molecule has 0 aromatic rings. The zero-order valence-corrected chi connectivity index (χ0v) is 21.8. The molecule has 5 rings (SSSR count). The van der Waals surface area contributed by atoms with E-state index in [-0.39, 0.29) is 23.0 Å². The highest BCUT2D eigenvalue weighted by Crippen LogP contribution is 2.69. The Kier molecular flexibility index (Phi) is 5.90. The number of fused-ring (bicyclic) bond motifs is 5. The van der Waals surface area contributed by atoms with Crippen molar-refractivity contribution in [3.63, 3.8) is 0 Å². The topological polar surface area (TPSA) is 70.1 Å². The summed E-state index contributed by atoms with van der Waals surface area (Å²) < 4.78 is 6.35. The van der Waals surface area contributed by atoms with Crippen LogP contribution in [0.25, 0.3) is 0 Å². The van der Waals surface area contributed by atoms with Crippen LogP contribution in [-0.2, 0) is 9.53 Å². The molecule has 0 aromatic heterocycles. The average Bonchev–Trinajstić information content (AvgIpc) is 3.44. The largest absolute Gasteiger partial charge is 0.393 e. The lowest BCUT2D eigenvalue weighted by molar-refractivity contribution is -0.213. The Morgan fingerprint density at radius 3 is 2.42 bits per heavy atom. The molecule has 1 heterocycles. The van der Waals surface area contributed by atoms with Crippen molar-refractivity contribution < 1.29 is 19.7 Å². The van der Waals surface area contributed by atoms with E-state index in [1.165, 1.54) is 25.7 Å². The van der Waals surface area contributed by atoms with Crippen LogP contribution in [0.1, 0.15) is 99.3 Å². The molecule has 1 saturated heterocycles. The second-order valence-corrected chi connectivity index (χ2v) is 13.6. The fourth-order valence-electron chi connectivity index (χ4n) is 10.1. The Bertz CT molecular complexity index is 780. The van der Waals surface area contributed by atoms with Crippen LogP contribution < -0.4 is 0 Å². The zero-order chi connectivity index (χ0) is 23.9. The van der Waals surface area contributed by atoms with E-state index in [1.807, 2.05) is 0 Å². The normalized spacial score (nSPS) is 53.2. The lowest BCUT2D eigenvalue weighted by atomic mass is 9.42. The van der Waals surface area contributed by atoms with Gasteiger partial charge in [-0.15, -0.1) is 0 Å². The number of rotatable bonds is 5.